The number of carboxylic acid groups (broad SMARTS) is 1. The molecule has 0 aliphatic rings. The molecule has 46 heavy (non-hydrogen) atoms. The lowest BCUT2D eigenvalue weighted by Crippen LogP contribution is -2.13. The van der Waals surface area contributed by atoms with Gasteiger partial charge in [0.25, 0.3) is 10.0 Å². The highest BCUT2D eigenvalue weighted by molar-refractivity contribution is 7.92. The average Bonchev–Trinajstić information content (AvgIpc) is 3.03. The lowest BCUT2D eigenvalue weighted by atomic mass is 9.98. The van der Waals surface area contributed by atoms with Gasteiger partial charge in [0.2, 0.25) is 0 Å². The average molecular weight is 641 g/mol. The summed E-state index contributed by atoms with van der Waals surface area (Å²) in [7, 11) is -2.99. The second kappa shape index (κ2) is 13.2. The van der Waals surface area contributed by atoms with E-state index in [1.165, 1.54) is 43.5 Å². The fraction of sp³-hybridized carbons (Fsp3) is 0.143. The number of hydrogen-bond acceptors (Lipinski definition) is 7. The largest absolute Gasteiger partial charge is 0.494 e. The zero-order valence-electron chi connectivity index (χ0n) is 25.1. The van der Waals surface area contributed by atoms with E-state index >= 15 is 0 Å². The fourth-order valence-electron chi connectivity index (χ4n) is 4.69. The van der Waals surface area contributed by atoms with Gasteiger partial charge in [-0.1, -0.05) is 26.0 Å². The Hall–Kier alpha value is -5.60. The lowest BCUT2D eigenvalue weighted by molar-refractivity contribution is 0.0697. The van der Waals surface area contributed by atoms with E-state index in [9.17, 15) is 28.0 Å². The number of methoxy groups -OCH3 is 1. The number of anilines is 1. The Bertz CT molecular complexity index is 2110. The molecule has 0 atom stereocenters. The second-order valence-corrected chi connectivity index (χ2v) is 12.5. The van der Waals surface area contributed by atoms with Crippen LogP contribution in [0.2, 0.25) is 0 Å². The summed E-state index contributed by atoms with van der Waals surface area (Å²) in [5.41, 5.74) is 1.02. The van der Waals surface area contributed by atoms with Gasteiger partial charge >= 0.3 is 5.97 Å². The van der Waals surface area contributed by atoms with Gasteiger partial charge in [-0.15, -0.1) is 0 Å². The molecule has 0 unspecified atom stereocenters. The maximum absolute atomic E-state index is 14.3. The number of carbonyl (C=O) groups is 1. The molecule has 234 valence electrons. The summed E-state index contributed by atoms with van der Waals surface area (Å²) in [5, 5.41) is 21.0. The Morgan fingerprint density at radius 2 is 1.61 bits per heavy atom. The smallest absolute Gasteiger partial charge is 0.336 e. The monoisotopic (exact) mass is 640 g/mol. The van der Waals surface area contributed by atoms with Crippen molar-refractivity contribution in [2.24, 2.45) is 5.92 Å². The molecule has 0 heterocycles. The molecule has 0 bridgehead atoms. The van der Waals surface area contributed by atoms with Crippen molar-refractivity contribution in [3.63, 3.8) is 0 Å². The first-order valence-electron chi connectivity index (χ1n) is 14.1. The number of hydrogen-bond donors (Lipinski definition) is 2. The molecule has 0 spiro atoms. The molecular formula is C35H29FN2O7S. The number of carboxylic acids is 1. The topological polar surface area (TPSA) is 135 Å². The summed E-state index contributed by atoms with van der Waals surface area (Å²) in [6.45, 7) is 4.32. The molecule has 0 aromatic heterocycles. The van der Waals surface area contributed by atoms with E-state index in [4.69, 9.17) is 14.2 Å². The SMILES string of the molecule is COc1ccc(S(=O)(=O)Nc2ccc(Oc3ccc4cc(C#N)ccc4c3)c(-c3ccc(OCC(C)C)cc3C(=O)O)c2)cc1F. The van der Waals surface area contributed by atoms with Gasteiger partial charge in [-0.05, 0) is 95.6 Å². The Morgan fingerprint density at radius 1 is 0.891 bits per heavy atom. The standard InChI is InChI=1S/C35H29FN2O7S/c1-21(2)20-44-26-9-11-29(31(17-26)35(39)40)30-16-25(38-46(41,42)28-10-13-34(43-3)32(36)18-28)7-12-33(30)45-27-8-6-23-14-22(19-37)4-5-24(23)15-27/h4-18,21,38H,20H2,1-3H3,(H,39,40). The van der Waals surface area contributed by atoms with Crippen LogP contribution in [0, 0.1) is 23.1 Å². The highest BCUT2D eigenvalue weighted by Crippen LogP contribution is 2.39. The van der Waals surface area contributed by atoms with Gasteiger partial charge in [0, 0.05) is 16.8 Å². The molecule has 0 saturated carbocycles. The highest BCUT2D eigenvalue weighted by atomic mass is 32.2. The third-order valence-corrected chi connectivity index (χ3v) is 8.31. The normalized spacial score (nSPS) is 11.2. The number of rotatable bonds is 11. The van der Waals surface area contributed by atoms with Gasteiger partial charge < -0.3 is 19.3 Å². The Labute approximate surface area is 265 Å². The molecule has 0 saturated heterocycles. The first kappa shape index (κ1) is 31.8. The fourth-order valence-corrected chi connectivity index (χ4v) is 5.75. The minimum atomic E-state index is -4.26. The van der Waals surface area contributed by atoms with Crippen LogP contribution in [-0.2, 0) is 10.0 Å². The number of nitrogens with zero attached hydrogens (tertiary/aromatic N) is 1. The summed E-state index contributed by atoms with van der Waals surface area (Å²) < 4.78 is 60.1. The van der Waals surface area contributed by atoms with Crippen LogP contribution >= 0.6 is 0 Å². The van der Waals surface area contributed by atoms with Crippen molar-refractivity contribution in [1.82, 2.24) is 0 Å². The van der Waals surface area contributed by atoms with Gasteiger partial charge in [0.15, 0.2) is 11.6 Å². The van der Waals surface area contributed by atoms with Crippen LogP contribution in [0.1, 0.15) is 29.8 Å². The van der Waals surface area contributed by atoms with Crippen LogP contribution in [0.25, 0.3) is 21.9 Å². The van der Waals surface area contributed by atoms with E-state index in [0.29, 0.717) is 23.7 Å². The Kier molecular flexibility index (Phi) is 9.11. The van der Waals surface area contributed by atoms with Gasteiger partial charge in [0.1, 0.15) is 17.2 Å². The van der Waals surface area contributed by atoms with Gasteiger partial charge in [-0.2, -0.15) is 5.26 Å². The predicted molar refractivity (Wildman–Crippen MR) is 172 cm³/mol. The summed E-state index contributed by atoms with van der Waals surface area (Å²) in [4.78, 5) is 12.1. The van der Waals surface area contributed by atoms with Crippen molar-refractivity contribution in [3.05, 3.63) is 108 Å². The van der Waals surface area contributed by atoms with Crippen LogP contribution in [0.4, 0.5) is 10.1 Å². The third-order valence-electron chi connectivity index (χ3n) is 6.93. The molecule has 0 radical (unpaired) electrons. The highest BCUT2D eigenvalue weighted by Gasteiger charge is 2.21. The first-order valence-corrected chi connectivity index (χ1v) is 15.6. The number of halogens is 1. The van der Waals surface area contributed by atoms with Crippen LogP contribution < -0.4 is 18.9 Å². The maximum atomic E-state index is 14.3. The number of fused-ring (bicyclic) bond motifs is 1. The van der Waals surface area contributed by atoms with E-state index in [1.54, 1.807) is 48.5 Å². The third kappa shape index (κ3) is 7.03. The number of nitriles is 1. The summed E-state index contributed by atoms with van der Waals surface area (Å²) in [6, 6.07) is 24.9. The number of ether oxygens (including phenoxy) is 3. The van der Waals surface area contributed by atoms with Gasteiger partial charge in [0.05, 0.1) is 35.8 Å². The Balaban J connectivity index is 1.59. The lowest BCUT2D eigenvalue weighted by Gasteiger charge is -2.17. The molecular weight excluding hydrogens is 611 g/mol. The van der Waals surface area contributed by atoms with Crippen LogP contribution in [0.3, 0.4) is 0 Å². The summed E-state index contributed by atoms with van der Waals surface area (Å²) in [6.07, 6.45) is 0. The molecule has 5 aromatic carbocycles. The summed E-state index contributed by atoms with van der Waals surface area (Å²) in [5.74, 6) is -0.940. The molecule has 0 aliphatic heterocycles. The minimum absolute atomic E-state index is 0.0811. The first-order chi connectivity index (χ1) is 22.0. The van der Waals surface area contributed by atoms with E-state index in [1.807, 2.05) is 13.8 Å². The van der Waals surface area contributed by atoms with Crippen LogP contribution in [0.15, 0.2) is 95.9 Å². The van der Waals surface area contributed by atoms with Gasteiger partial charge in [-0.3, -0.25) is 4.72 Å². The maximum Gasteiger partial charge on any atom is 0.336 e. The molecule has 5 aromatic rings. The predicted octanol–water partition coefficient (Wildman–Crippen LogP) is 7.85. The van der Waals surface area contributed by atoms with E-state index < -0.39 is 21.8 Å². The molecule has 0 aliphatic carbocycles. The zero-order valence-corrected chi connectivity index (χ0v) is 25.9. The second-order valence-electron chi connectivity index (χ2n) is 10.8. The quantitative estimate of drug-likeness (QED) is 0.149. The molecule has 0 amide bonds. The number of aromatic carboxylic acids is 1. The number of sulfonamides is 1. The Morgan fingerprint density at radius 3 is 2.30 bits per heavy atom. The van der Waals surface area contributed by atoms with Crippen molar-refractivity contribution in [2.45, 2.75) is 18.7 Å². The van der Waals surface area contributed by atoms with E-state index in [0.717, 1.165) is 16.8 Å². The zero-order chi connectivity index (χ0) is 33.0. The molecule has 9 nitrogen and oxygen atoms in total. The number of benzene rings is 5. The van der Waals surface area contributed by atoms with Gasteiger partial charge in [-0.25, -0.2) is 17.6 Å². The molecule has 0 fully saturated rings. The van der Waals surface area contributed by atoms with Crippen molar-refractivity contribution in [1.29, 1.82) is 5.26 Å². The van der Waals surface area contributed by atoms with E-state index in [2.05, 4.69) is 10.8 Å². The van der Waals surface area contributed by atoms with Crippen molar-refractivity contribution in [3.8, 4) is 40.2 Å². The molecule has 11 heteroatoms. The molecule has 2 N–H and O–H groups in total. The van der Waals surface area contributed by atoms with Crippen LogP contribution in [-0.4, -0.2) is 33.2 Å². The summed E-state index contributed by atoms with van der Waals surface area (Å²) >= 11 is 0. The molecule has 5 rings (SSSR count). The van der Waals surface area contributed by atoms with E-state index in [-0.39, 0.29) is 44.7 Å². The minimum Gasteiger partial charge on any atom is -0.494 e. The van der Waals surface area contributed by atoms with Crippen molar-refractivity contribution >= 4 is 32.5 Å². The van der Waals surface area contributed by atoms with Crippen molar-refractivity contribution < 1.29 is 36.9 Å². The van der Waals surface area contributed by atoms with Crippen LogP contribution in [0.5, 0.6) is 23.0 Å². The van der Waals surface area contributed by atoms with Crippen molar-refractivity contribution in [2.75, 3.05) is 18.4 Å². The number of nitrogens with one attached hydrogen (secondary N) is 1.